The smallest absolute Gasteiger partial charge is 0.146 e. The molecule has 0 fully saturated rings. The molecule has 0 spiro atoms. The molecule has 5 nitrogen and oxygen atoms in total. The Kier molecular flexibility index (Phi) is 3.14. The Morgan fingerprint density at radius 2 is 2.47 bits per heavy atom. The lowest BCUT2D eigenvalue weighted by molar-refractivity contribution is 0.496. The van der Waals surface area contributed by atoms with Gasteiger partial charge in [0, 0.05) is 20.0 Å². The molecule has 0 aromatic carbocycles. The van der Waals surface area contributed by atoms with Crippen LogP contribution in [-0.2, 0) is 20.0 Å². The Morgan fingerprint density at radius 3 is 3.13 bits per heavy atom. The fourth-order valence-electron chi connectivity index (χ4n) is 1.33. The highest BCUT2D eigenvalue weighted by molar-refractivity contribution is 4.98. The topological polar surface area (TPSA) is 55.9 Å². The monoisotopic (exact) mass is 206 g/mol. The lowest BCUT2D eigenvalue weighted by Crippen LogP contribution is -2.18. The van der Waals surface area contributed by atoms with E-state index in [1.807, 2.05) is 23.7 Å². The summed E-state index contributed by atoms with van der Waals surface area (Å²) in [5.74, 6) is 1.94. The van der Waals surface area contributed by atoms with Crippen molar-refractivity contribution in [1.82, 2.24) is 20.1 Å². The van der Waals surface area contributed by atoms with Gasteiger partial charge in [-0.1, -0.05) is 0 Å². The van der Waals surface area contributed by atoms with Crippen LogP contribution in [0, 0.1) is 0 Å². The van der Waals surface area contributed by atoms with Crippen LogP contribution in [0.15, 0.2) is 29.1 Å². The van der Waals surface area contributed by atoms with E-state index in [-0.39, 0.29) is 0 Å². The van der Waals surface area contributed by atoms with E-state index in [0.29, 0.717) is 0 Å². The van der Waals surface area contributed by atoms with Gasteiger partial charge in [0.1, 0.15) is 17.9 Å². The molecule has 1 N–H and O–H groups in total. The number of aromatic nitrogens is 3. The van der Waals surface area contributed by atoms with Crippen molar-refractivity contribution in [1.29, 1.82) is 0 Å². The van der Waals surface area contributed by atoms with E-state index >= 15 is 0 Å². The van der Waals surface area contributed by atoms with E-state index in [1.54, 1.807) is 12.6 Å². The minimum atomic E-state index is 0.733. The highest BCUT2D eigenvalue weighted by Crippen LogP contribution is 1.99. The van der Waals surface area contributed by atoms with Gasteiger partial charge in [-0.3, -0.25) is 0 Å². The Balaban J connectivity index is 1.70. The van der Waals surface area contributed by atoms with E-state index in [9.17, 15) is 0 Å². The summed E-state index contributed by atoms with van der Waals surface area (Å²) in [6.07, 6.45) is 4.28. The summed E-state index contributed by atoms with van der Waals surface area (Å²) in [5.41, 5.74) is 0. The SMILES string of the molecule is Cn1cnnc1CNCCc1ccco1. The number of rotatable bonds is 5. The highest BCUT2D eigenvalue weighted by Gasteiger charge is 1.99. The van der Waals surface area contributed by atoms with Crippen LogP contribution >= 0.6 is 0 Å². The lowest BCUT2D eigenvalue weighted by atomic mass is 10.3. The first-order valence-electron chi connectivity index (χ1n) is 4.92. The molecule has 0 radical (unpaired) electrons. The van der Waals surface area contributed by atoms with Crippen LogP contribution in [0.1, 0.15) is 11.6 Å². The Hall–Kier alpha value is -1.62. The van der Waals surface area contributed by atoms with Crippen molar-refractivity contribution in [2.24, 2.45) is 7.05 Å². The first kappa shape index (κ1) is 9.92. The summed E-state index contributed by atoms with van der Waals surface area (Å²) in [6.45, 7) is 1.61. The van der Waals surface area contributed by atoms with Crippen molar-refractivity contribution < 1.29 is 4.42 Å². The van der Waals surface area contributed by atoms with Crippen molar-refractivity contribution in [3.8, 4) is 0 Å². The number of furan rings is 1. The van der Waals surface area contributed by atoms with Crippen LogP contribution in [0.4, 0.5) is 0 Å². The zero-order valence-corrected chi connectivity index (χ0v) is 8.68. The van der Waals surface area contributed by atoms with Crippen LogP contribution in [0.5, 0.6) is 0 Å². The third-order valence-corrected chi connectivity index (χ3v) is 2.22. The largest absolute Gasteiger partial charge is 0.469 e. The minimum absolute atomic E-state index is 0.733. The highest BCUT2D eigenvalue weighted by atomic mass is 16.3. The van der Waals surface area contributed by atoms with Gasteiger partial charge in [0.05, 0.1) is 12.8 Å². The van der Waals surface area contributed by atoms with Crippen LogP contribution in [0.3, 0.4) is 0 Å². The number of nitrogens with one attached hydrogen (secondary N) is 1. The third-order valence-electron chi connectivity index (χ3n) is 2.22. The molecule has 0 atom stereocenters. The van der Waals surface area contributed by atoms with Gasteiger partial charge in [0.2, 0.25) is 0 Å². The van der Waals surface area contributed by atoms with Gasteiger partial charge in [0.15, 0.2) is 0 Å². The fraction of sp³-hybridized carbons (Fsp3) is 0.400. The summed E-state index contributed by atoms with van der Waals surface area (Å²) in [5, 5.41) is 11.1. The van der Waals surface area contributed by atoms with Crippen LogP contribution in [-0.4, -0.2) is 21.3 Å². The normalized spacial score (nSPS) is 10.7. The maximum Gasteiger partial charge on any atom is 0.146 e. The van der Waals surface area contributed by atoms with E-state index in [0.717, 1.165) is 31.1 Å². The zero-order valence-electron chi connectivity index (χ0n) is 8.68. The van der Waals surface area contributed by atoms with E-state index < -0.39 is 0 Å². The molecule has 0 aliphatic rings. The molecule has 0 saturated heterocycles. The molecule has 15 heavy (non-hydrogen) atoms. The number of hydrogen-bond donors (Lipinski definition) is 1. The Morgan fingerprint density at radius 1 is 1.53 bits per heavy atom. The Bertz CT molecular complexity index is 393. The summed E-state index contributed by atoms with van der Waals surface area (Å²) in [4.78, 5) is 0. The third kappa shape index (κ3) is 2.66. The molecule has 80 valence electrons. The van der Waals surface area contributed by atoms with Gasteiger partial charge >= 0.3 is 0 Å². The predicted octanol–water partition coefficient (Wildman–Crippen LogP) is 0.740. The molecule has 2 rings (SSSR count). The maximum absolute atomic E-state index is 5.22. The van der Waals surface area contributed by atoms with E-state index in [4.69, 9.17) is 4.42 Å². The van der Waals surface area contributed by atoms with Crippen molar-refractivity contribution in [2.75, 3.05) is 6.54 Å². The second kappa shape index (κ2) is 4.75. The number of nitrogens with zero attached hydrogens (tertiary/aromatic N) is 3. The molecule has 0 amide bonds. The van der Waals surface area contributed by atoms with Gasteiger partial charge in [-0.15, -0.1) is 10.2 Å². The predicted molar refractivity (Wildman–Crippen MR) is 55.1 cm³/mol. The van der Waals surface area contributed by atoms with Crippen molar-refractivity contribution in [2.45, 2.75) is 13.0 Å². The zero-order chi connectivity index (χ0) is 10.5. The average Bonchev–Trinajstić information content (AvgIpc) is 2.85. The van der Waals surface area contributed by atoms with Gasteiger partial charge in [-0.2, -0.15) is 0 Å². The molecule has 0 unspecified atom stereocenters. The first-order chi connectivity index (χ1) is 7.36. The minimum Gasteiger partial charge on any atom is -0.469 e. The van der Waals surface area contributed by atoms with Crippen molar-refractivity contribution in [3.63, 3.8) is 0 Å². The molecule has 2 aromatic heterocycles. The summed E-state index contributed by atoms with van der Waals surface area (Å²) in [6, 6.07) is 3.88. The maximum atomic E-state index is 5.22. The molecular weight excluding hydrogens is 192 g/mol. The molecule has 2 aromatic rings. The summed E-state index contributed by atoms with van der Waals surface area (Å²) in [7, 11) is 1.93. The molecule has 0 aliphatic carbocycles. The van der Waals surface area contributed by atoms with E-state index in [1.165, 1.54) is 0 Å². The standard InChI is InChI=1S/C10H14N4O/c1-14-8-12-13-10(14)7-11-5-4-9-3-2-6-15-9/h2-3,6,8,11H,4-5,7H2,1H3. The van der Waals surface area contributed by atoms with Crippen molar-refractivity contribution >= 4 is 0 Å². The Labute approximate surface area is 88.1 Å². The molecular formula is C10H14N4O. The summed E-state index contributed by atoms with van der Waals surface area (Å²) < 4.78 is 7.12. The molecule has 5 heteroatoms. The molecule has 0 saturated carbocycles. The van der Waals surface area contributed by atoms with Crippen LogP contribution in [0.25, 0.3) is 0 Å². The number of aryl methyl sites for hydroxylation is 1. The first-order valence-corrected chi connectivity index (χ1v) is 4.92. The van der Waals surface area contributed by atoms with Crippen LogP contribution < -0.4 is 5.32 Å². The second-order valence-electron chi connectivity index (χ2n) is 3.36. The van der Waals surface area contributed by atoms with Gasteiger partial charge < -0.3 is 14.3 Å². The van der Waals surface area contributed by atoms with Gasteiger partial charge in [-0.05, 0) is 12.1 Å². The molecule has 0 bridgehead atoms. The fourth-order valence-corrected chi connectivity index (χ4v) is 1.33. The second-order valence-corrected chi connectivity index (χ2v) is 3.36. The molecule has 2 heterocycles. The van der Waals surface area contributed by atoms with Crippen molar-refractivity contribution in [3.05, 3.63) is 36.3 Å². The quantitative estimate of drug-likeness (QED) is 0.733. The lowest BCUT2D eigenvalue weighted by Gasteiger charge is -2.02. The van der Waals surface area contributed by atoms with Gasteiger partial charge in [0.25, 0.3) is 0 Å². The average molecular weight is 206 g/mol. The van der Waals surface area contributed by atoms with Crippen LogP contribution in [0.2, 0.25) is 0 Å². The summed E-state index contributed by atoms with van der Waals surface area (Å²) >= 11 is 0. The van der Waals surface area contributed by atoms with Gasteiger partial charge in [-0.25, -0.2) is 0 Å². The molecule has 0 aliphatic heterocycles. The van der Waals surface area contributed by atoms with E-state index in [2.05, 4.69) is 15.5 Å². The number of hydrogen-bond acceptors (Lipinski definition) is 4.